The summed E-state index contributed by atoms with van der Waals surface area (Å²) in [6, 6.07) is 17.4. The molecule has 3 heterocycles. The Balaban J connectivity index is 1.57. The van der Waals surface area contributed by atoms with Crippen LogP contribution in [0.1, 0.15) is 18.9 Å². The van der Waals surface area contributed by atoms with Gasteiger partial charge < -0.3 is 20.1 Å². The number of thiophene rings is 1. The first-order valence-electron chi connectivity index (χ1n) is 11.4. The van der Waals surface area contributed by atoms with Crippen molar-refractivity contribution in [1.29, 1.82) is 0 Å². The Morgan fingerprint density at radius 2 is 1.88 bits per heavy atom. The summed E-state index contributed by atoms with van der Waals surface area (Å²) in [7, 11) is 0. The van der Waals surface area contributed by atoms with Crippen LogP contribution >= 0.6 is 11.3 Å². The molecule has 0 bridgehead atoms. The zero-order valence-corrected chi connectivity index (χ0v) is 19.8. The van der Waals surface area contributed by atoms with Gasteiger partial charge in [0.1, 0.15) is 5.75 Å². The van der Waals surface area contributed by atoms with E-state index < -0.39 is 0 Å². The van der Waals surface area contributed by atoms with Gasteiger partial charge in [-0.15, -0.1) is 11.3 Å². The molecule has 0 saturated carbocycles. The summed E-state index contributed by atoms with van der Waals surface area (Å²) in [5, 5.41) is 12.9. The van der Waals surface area contributed by atoms with Crippen LogP contribution in [-0.2, 0) is 16.1 Å². The summed E-state index contributed by atoms with van der Waals surface area (Å²) in [4.78, 5) is 24.8. The number of hydrogen-bond acceptors (Lipinski definition) is 7. The Hall–Kier alpha value is -3.49. The van der Waals surface area contributed by atoms with Gasteiger partial charge in [0.15, 0.2) is 11.6 Å². The molecule has 2 aromatic carbocycles. The van der Waals surface area contributed by atoms with E-state index in [9.17, 15) is 9.90 Å². The van der Waals surface area contributed by atoms with Crippen molar-refractivity contribution in [2.24, 2.45) is 0 Å². The van der Waals surface area contributed by atoms with E-state index in [2.05, 4.69) is 28.4 Å². The molecule has 7 nitrogen and oxygen atoms in total. The quantitative estimate of drug-likeness (QED) is 0.425. The lowest BCUT2D eigenvalue weighted by Crippen LogP contribution is -2.36. The number of nitrogens with zero attached hydrogens (tertiary/aromatic N) is 3. The van der Waals surface area contributed by atoms with E-state index in [1.54, 1.807) is 29.5 Å². The number of rotatable bonds is 6. The summed E-state index contributed by atoms with van der Waals surface area (Å²) in [5.74, 6) is 1.71. The predicted octanol–water partition coefficient (Wildman–Crippen LogP) is 4.59. The Kier molecular flexibility index (Phi) is 6.42. The van der Waals surface area contributed by atoms with Crippen molar-refractivity contribution in [2.75, 3.05) is 31.2 Å². The third kappa shape index (κ3) is 4.73. The third-order valence-corrected chi connectivity index (χ3v) is 6.96. The number of nitrogens with one attached hydrogen (secondary N) is 1. The first-order chi connectivity index (χ1) is 16.6. The molecule has 2 N–H and O–H groups in total. The molecule has 0 spiro atoms. The molecule has 2 aromatic heterocycles. The Morgan fingerprint density at radius 3 is 2.68 bits per heavy atom. The molecular formula is C26H26N4O3S. The minimum absolute atomic E-state index is 0.0390. The van der Waals surface area contributed by atoms with Gasteiger partial charge in [0.25, 0.3) is 0 Å². The van der Waals surface area contributed by atoms with Crippen molar-refractivity contribution in [3.8, 4) is 27.6 Å². The number of ether oxygens (including phenoxy) is 1. The topological polar surface area (TPSA) is 87.6 Å². The second-order valence-corrected chi connectivity index (χ2v) is 9.23. The van der Waals surface area contributed by atoms with E-state index in [1.165, 1.54) is 0 Å². The molecule has 1 saturated heterocycles. The van der Waals surface area contributed by atoms with Crippen LogP contribution < -0.4 is 10.2 Å². The monoisotopic (exact) mass is 474 g/mol. The fourth-order valence-corrected chi connectivity index (χ4v) is 5.09. The van der Waals surface area contributed by atoms with Gasteiger partial charge in [0, 0.05) is 36.5 Å². The van der Waals surface area contributed by atoms with Gasteiger partial charge in [-0.1, -0.05) is 37.3 Å². The van der Waals surface area contributed by atoms with E-state index in [0.29, 0.717) is 32.0 Å². The van der Waals surface area contributed by atoms with Gasteiger partial charge in [-0.2, -0.15) is 0 Å². The highest BCUT2D eigenvalue weighted by molar-refractivity contribution is 7.22. The molecule has 0 atom stereocenters. The van der Waals surface area contributed by atoms with Crippen molar-refractivity contribution in [3.63, 3.8) is 0 Å². The second kappa shape index (κ2) is 9.79. The van der Waals surface area contributed by atoms with Gasteiger partial charge in [-0.05, 0) is 35.4 Å². The standard InChI is InChI=1S/C26H26N4O3S/c1-2-23(32)27-16-17-5-3-6-18(13-17)22-15-21-24(34-22)26(30-9-11-33-12-10-30)29-25(28-21)19-7-4-8-20(31)14-19/h3-8,13-15,31H,2,9-12,16H2,1H3,(H,27,32). The molecule has 0 radical (unpaired) electrons. The Labute approximate surface area is 202 Å². The van der Waals surface area contributed by atoms with Crippen LogP contribution in [0, 0.1) is 0 Å². The van der Waals surface area contributed by atoms with Crippen molar-refractivity contribution >= 4 is 33.3 Å². The SMILES string of the molecule is CCC(=O)NCc1cccc(-c2cc3nc(-c4cccc(O)c4)nc(N4CCOCC4)c3s2)c1. The number of phenolic OH excluding ortho intramolecular Hbond substituents is 1. The first kappa shape index (κ1) is 22.3. The number of hydrogen-bond donors (Lipinski definition) is 2. The molecule has 1 amide bonds. The number of anilines is 1. The van der Waals surface area contributed by atoms with Crippen LogP contribution in [-0.4, -0.2) is 47.3 Å². The highest BCUT2D eigenvalue weighted by atomic mass is 32.1. The average Bonchev–Trinajstić information content (AvgIpc) is 3.32. The zero-order valence-electron chi connectivity index (χ0n) is 19.0. The molecule has 5 rings (SSSR count). The number of benzene rings is 2. The van der Waals surface area contributed by atoms with E-state index in [-0.39, 0.29) is 11.7 Å². The summed E-state index contributed by atoms with van der Waals surface area (Å²) < 4.78 is 6.59. The number of carbonyl (C=O) groups excluding carboxylic acids is 1. The van der Waals surface area contributed by atoms with Crippen molar-refractivity contribution in [1.82, 2.24) is 15.3 Å². The number of carbonyl (C=O) groups is 1. The fourth-order valence-electron chi connectivity index (χ4n) is 3.98. The van der Waals surface area contributed by atoms with Crippen molar-refractivity contribution in [2.45, 2.75) is 19.9 Å². The number of morpholine rings is 1. The lowest BCUT2D eigenvalue weighted by molar-refractivity contribution is -0.120. The number of phenols is 1. The van der Waals surface area contributed by atoms with Crippen LogP contribution in [0.15, 0.2) is 54.6 Å². The molecule has 4 aromatic rings. The number of aromatic hydroxyl groups is 1. The lowest BCUT2D eigenvalue weighted by Gasteiger charge is -2.28. The smallest absolute Gasteiger partial charge is 0.219 e. The zero-order chi connectivity index (χ0) is 23.5. The largest absolute Gasteiger partial charge is 0.508 e. The van der Waals surface area contributed by atoms with Crippen LogP contribution in [0.2, 0.25) is 0 Å². The average molecular weight is 475 g/mol. The van der Waals surface area contributed by atoms with Gasteiger partial charge in [0.05, 0.1) is 23.4 Å². The maximum absolute atomic E-state index is 11.7. The van der Waals surface area contributed by atoms with Crippen LogP contribution in [0.3, 0.4) is 0 Å². The molecular weight excluding hydrogens is 448 g/mol. The van der Waals surface area contributed by atoms with Crippen molar-refractivity contribution in [3.05, 3.63) is 60.2 Å². The molecule has 174 valence electrons. The minimum atomic E-state index is 0.0390. The van der Waals surface area contributed by atoms with E-state index >= 15 is 0 Å². The van der Waals surface area contributed by atoms with Crippen molar-refractivity contribution < 1.29 is 14.6 Å². The molecule has 0 aliphatic carbocycles. The van der Waals surface area contributed by atoms with Crippen LogP contribution in [0.25, 0.3) is 32.0 Å². The minimum Gasteiger partial charge on any atom is -0.508 e. The summed E-state index contributed by atoms with van der Waals surface area (Å²) >= 11 is 1.67. The van der Waals surface area contributed by atoms with E-state index in [0.717, 1.165) is 50.7 Å². The van der Waals surface area contributed by atoms with Gasteiger partial charge in [-0.25, -0.2) is 9.97 Å². The van der Waals surface area contributed by atoms with Gasteiger partial charge in [0.2, 0.25) is 5.91 Å². The fraction of sp³-hybridized carbons (Fsp3) is 0.269. The third-order valence-electron chi connectivity index (χ3n) is 5.79. The summed E-state index contributed by atoms with van der Waals surface area (Å²) in [6.45, 7) is 5.22. The second-order valence-electron chi connectivity index (χ2n) is 8.18. The van der Waals surface area contributed by atoms with E-state index in [1.807, 2.05) is 25.1 Å². The Bertz CT molecular complexity index is 1330. The number of fused-ring (bicyclic) bond motifs is 1. The normalized spacial score (nSPS) is 13.9. The summed E-state index contributed by atoms with van der Waals surface area (Å²) in [5.41, 5.74) is 3.78. The van der Waals surface area contributed by atoms with E-state index in [4.69, 9.17) is 14.7 Å². The molecule has 1 aliphatic rings. The Morgan fingerprint density at radius 1 is 1.09 bits per heavy atom. The maximum Gasteiger partial charge on any atom is 0.219 e. The van der Waals surface area contributed by atoms with Gasteiger partial charge in [-0.3, -0.25) is 4.79 Å². The number of aromatic nitrogens is 2. The molecule has 1 aliphatic heterocycles. The molecule has 1 fully saturated rings. The maximum atomic E-state index is 11.7. The van der Waals surface area contributed by atoms with Gasteiger partial charge >= 0.3 is 0 Å². The predicted molar refractivity (Wildman–Crippen MR) is 135 cm³/mol. The molecule has 8 heteroatoms. The first-order valence-corrected chi connectivity index (χ1v) is 12.2. The molecule has 34 heavy (non-hydrogen) atoms. The molecule has 0 unspecified atom stereocenters. The summed E-state index contributed by atoms with van der Waals surface area (Å²) in [6.07, 6.45) is 0.473. The van der Waals surface area contributed by atoms with Crippen LogP contribution in [0.4, 0.5) is 5.82 Å². The number of amides is 1. The lowest BCUT2D eigenvalue weighted by atomic mass is 10.1. The highest BCUT2D eigenvalue weighted by Gasteiger charge is 2.20. The highest BCUT2D eigenvalue weighted by Crippen LogP contribution is 2.39. The van der Waals surface area contributed by atoms with Crippen LogP contribution in [0.5, 0.6) is 5.75 Å².